The van der Waals surface area contributed by atoms with Crippen molar-refractivity contribution in [3.8, 4) is 11.5 Å². The molecule has 0 amide bonds. The number of hydrogen-bond donors (Lipinski definition) is 0. The molecule has 0 heterocycles. The first-order valence-electron chi connectivity index (χ1n) is 7.77. The Morgan fingerprint density at radius 1 is 0.826 bits per heavy atom. The highest BCUT2D eigenvalue weighted by Crippen LogP contribution is 2.31. The summed E-state index contributed by atoms with van der Waals surface area (Å²) in [5, 5.41) is 0. The molecular weight excluding hydrogens is 327 g/mol. The van der Waals surface area contributed by atoms with Gasteiger partial charge in [0.15, 0.2) is 0 Å². The Bertz CT molecular complexity index is 511. The molecule has 0 aliphatic rings. The molecule has 2 aromatic rings. The van der Waals surface area contributed by atoms with Crippen molar-refractivity contribution < 1.29 is 9.47 Å². The van der Waals surface area contributed by atoms with Gasteiger partial charge in [0.25, 0.3) is 0 Å². The van der Waals surface area contributed by atoms with Crippen LogP contribution in [-0.2, 0) is 12.3 Å². The van der Waals surface area contributed by atoms with Crippen LogP contribution in [0.3, 0.4) is 0 Å². The van der Waals surface area contributed by atoms with Crippen molar-refractivity contribution in [2.24, 2.45) is 0 Å². The summed E-state index contributed by atoms with van der Waals surface area (Å²) in [7, 11) is 4.27. The minimum Gasteiger partial charge on any atom is -0.496 e. The van der Waals surface area contributed by atoms with E-state index in [0.717, 1.165) is 44.7 Å². The van der Waals surface area contributed by atoms with Gasteiger partial charge in [0.05, 0.1) is 14.2 Å². The molecule has 23 heavy (non-hydrogen) atoms. The number of hydrogen-bond acceptors (Lipinski definition) is 2. The number of ether oxygens (including phenoxy) is 2. The van der Waals surface area contributed by atoms with Gasteiger partial charge in [-0.15, -0.1) is 20.2 Å². The van der Waals surface area contributed by atoms with Gasteiger partial charge in [0.2, 0.25) is 0 Å². The second-order valence-electron chi connectivity index (χ2n) is 4.92. The van der Waals surface area contributed by atoms with Crippen LogP contribution in [0.2, 0.25) is 0 Å². The number of methoxy groups -OCH3 is 2. The van der Waals surface area contributed by atoms with Crippen molar-refractivity contribution in [1.82, 2.24) is 0 Å². The van der Waals surface area contributed by atoms with Crippen LogP contribution < -0.4 is 9.47 Å². The summed E-state index contributed by atoms with van der Waals surface area (Å²) < 4.78 is 10.7. The van der Waals surface area contributed by atoms with E-state index in [0.29, 0.717) is 0 Å². The highest BCUT2D eigenvalue weighted by atomic mass is 35.5. The van der Waals surface area contributed by atoms with E-state index in [2.05, 4.69) is 24.3 Å². The standard InChI is InChI=1S/C16H19O2P.C3H7Cl/c1-17-15-9-5-3-7-13(15)11-19-12-14-8-4-6-10-16(14)18-2;1-2-3-4/h3-10,19H,11-12H2,1-2H3;2-3H2,1H3. The van der Waals surface area contributed by atoms with Crippen molar-refractivity contribution in [2.45, 2.75) is 25.7 Å². The van der Waals surface area contributed by atoms with Crippen LogP contribution in [-0.4, -0.2) is 20.1 Å². The van der Waals surface area contributed by atoms with Crippen molar-refractivity contribution in [3.63, 3.8) is 0 Å². The molecule has 2 aromatic carbocycles. The molecule has 0 radical (unpaired) electrons. The van der Waals surface area contributed by atoms with Crippen molar-refractivity contribution in [1.29, 1.82) is 0 Å². The lowest BCUT2D eigenvalue weighted by Crippen LogP contribution is -1.91. The number of halogens is 1. The van der Waals surface area contributed by atoms with Crippen molar-refractivity contribution in [2.75, 3.05) is 20.1 Å². The van der Waals surface area contributed by atoms with Crippen LogP contribution in [0.25, 0.3) is 0 Å². The molecule has 0 aliphatic heterocycles. The molecule has 0 saturated carbocycles. The maximum atomic E-state index is 5.37. The third kappa shape index (κ3) is 7.24. The Balaban J connectivity index is 0.000000593. The van der Waals surface area contributed by atoms with Gasteiger partial charge in [-0.05, 0) is 42.0 Å². The lowest BCUT2D eigenvalue weighted by molar-refractivity contribution is 0.411. The van der Waals surface area contributed by atoms with Crippen LogP contribution >= 0.6 is 20.2 Å². The average Bonchev–Trinajstić information content (AvgIpc) is 2.62. The molecule has 4 heteroatoms. The molecule has 2 rings (SSSR count). The summed E-state index contributed by atoms with van der Waals surface area (Å²) in [5.41, 5.74) is 2.55. The van der Waals surface area contributed by atoms with Gasteiger partial charge in [0.1, 0.15) is 11.5 Å². The number of benzene rings is 2. The third-order valence-electron chi connectivity index (χ3n) is 3.20. The first kappa shape index (κ1) is 19.8. The zero-order chi connectivity index (χ0) is 16.9. The molecule has 2 nitrogen and oxygen atoms in total. The molecule has 0 unspecified atom stereocenters. The van der Waals surface area contributed by atoms with E-state index in [1.807, 2.05) is 31.2 Å². The van der Waals surface area contributed by atoms with Crippen LogP contribution in [0.4, 0.5) is 0 Å². The van der Waals surface area contributed by atoms with E-state index in [9.17, 15) is 0 Å². The van der Waals surface area contributed by atoms with E-state index in [-0.39, 0.29) is 0 Å². The lowest BCUT2D eigenvalue weighted by Gasteiger charge is -2.10. The normalized spacial score (nSPS) is 9.74. The van der Waals surface area contributed by atoms with Crippen LogP contribution in [0.1, 0.15) is 24.5 Å². The minimum absolute atomic E-state index is 0.792. The highest BCUT2D eigenvalue weighted by Gasteiger charge is 2.04. The van der Waals surface area contributed by atoms with Crippen molar-refractivity contribution >= 4 is 20.2 Å². The predicted octanol–water partition coefficient (Wildman–Crippen LogP) is 5.72. The molecule has 0 aliphatic carbocycles. The zero-order valence-electron chi connectivity index (χ0n) is 14.1. The zero-order valence-corrected chi connectivity index (χ0v) is 15.9. The minimum atomic E-state index is 0.792. The fraction of sp³-hybridized carbons (Fsp3) is 0.368. The smallest absolute Gasteiger partial charge is 0.122 e. The lowest BCUT2D eigenvalue weighted by atomic mass is 10.2. The third-order valence-corrected chi connectivity index (χ3v) is 4.84. The van der Waals surface area contributed by atoms with Crippen LogP contribution in [0, 0.1) is 0 Å². The first-order valence-corrected chi connectivity index (χ1v) is 9.72. The predicted molar refractivity (Wildman–Crippen MR) is 103 cm³/mol. The summed E-state index contributed by atoms with van der Waals surface area (Å²) in [6, 6.07) is 16.4. The summed E-state index contributed by atoms with van der Waals surface area (Å²) in [6.07, 6.45) is 3.17. The second kappa shape index (κ2) is 12.2. The molecule has 0 atom stereocenters. The van der Waals surface area contributed by atoms with Crippen LogP contribution in [0.15, 0.2) is 48.5 Å². The summed E-state index contributed by atoms with van der Waals surface area (Å²) in [6.45, 7) is 2.05. The van der Waals surface area contributed by atoms with Crippen LogP contribution in [0.5, 0.6) is 11.5 Å². The monoisotopic (exact) mass is 352 g/mol. The Morgan fingerprint density at radius 3 is 1.57 bits per heavy atom. The largest absolute Gasteiger partial charge is 0.496 e. The molecule has 0 spiro atoms. The quantitative estimate of drug-likeness (QED) is 0.469. The Hall–Kier alpha value is -1.24. The van der Waals surface area contributed by atoms with Gasteiger partial charge in [-0.25, -0.2) is 0 Å². The van der Waals surface area contributed by atoms with Gasteiger partial charge < -0.3 is 9.47 Å². The number of alkyl halides is 1. The summed E-state index contributed by atoms with van der Waals surface area (Å²) in [5.74, 6) is 2.75. The highest BCUT2D eigenvalue weighted by molar-refractivity contribution is 7.36. The molecular formula is C19H26ClO2P. The molecule has 0 N–H and O–H groups in total. The number of rotatable bonds is 7. The SMILES string of the molecule is CCCCl.COc1ccccc1CPCc1ccccc1OC. The maximum Gasteiger partial charge on any atom is 0.122 e. The number of para-hydroxylation sites is 2. The van der Waals surface area contributed by atoms with Gasteiger partial charge in [0, 0.05) is 5.88 Å². The molecule has 0 aromatic heterocycles. The first-order chi connectivity index (χ1) is 11.3. The fourth-order valence-electron chi connectivity index (χ4n) is 2.03. The molecule has 0 saturated heterocycles. The Kier molecular flexibility index (Phi) is 10.5. The summed E-state index contributed by atoms with van der Waals surface area (Å²) in [4.78, 5) is 0. The second-order valence-corrected chi connectivity index (χ2v) is 6.50. The van der Waals surface area contributed by atoms with E-state index in [1.165, 1.54) is 11.1 Å². The van der Waals surface area contributed by atoms with Gasteiger partial charge >= 0.3 is 0 Å². The average molecular weight is 353 g/mol. The maximum absolute atomic E-state index is 5.37. The Labute approximate surface area is 146 Å². The topological polar surface area (TPSA) is 18.5 Å². The Morgan fingerprint density at radius 2 is 1.22 bits per heavy atom. The molecule has 126 valence electrons. The van der Waals surface area contributed by atoms with Gasteiger partial charge in [-0.3, -0.25) is 0 Å². The van der Waals surface area contributed by atoms with E-state index < -0.39 is 0 Å². The molecule has 0 bridgehead atoms. The summed E-state index contributed by atoms with van der Waals surface area (Å²) >= 11 is 5.19. The van der Waals surface area contributed by atoms with E-state index >= 15 is 0 Å². The van der Waals surface area contributed by atoms with Gasteiger partial charge in [-0.1, -0.05) is 43.3 Å². The van der Waals surface area contributed by atoms with Gasteiger partial charge in [-0.2, -0.15) is 0 Å². The van der Waals surface area contributed by atoms with Crippen molar-refractivity contribution in [3.05, 3.63) is 59.7 Å². The van der Waals surface area contributed by atoms with E-state index in [1.54, 1.807) is 14.2 Å². The fourth-order valence-corrected chi connectivity index (χ4v) is 3.28. The molecule has 0 fully saturated rings. The van der Waals surface area contributed by atoms with E-state index in [4.69, 9.17) is 21.1 Å².